The molecule has 2 amide bonds. The zero-order valence-electron chi connectivity index (χ0n) is 27.3. The molecule has 2 aromatic carbocycles. The number of morpholine rings is 1. The molecule has 1 saturated heterocycles. The lowest BCUT2D eigenvalue weighted by Crippen LogP contribution is -2.44. The monoisotopic (exact) mass is 616 g/mol. The average molecular weight is 617 g/mol. The van der Waals surface area contributed by atoms with Crippen LogP contribution < -0.4 is 16.0 Å². The van der Waals surface area contributed by atoms with Crippen molar-refractivity contribution in [1.29, 1.82) is 0 Å². The Morgan fingerprint density at radius 3 is 2.42 bits per heavy atom. The summed E-state index contributed by atoms with van der Waals surface area (Å²) in [5.74, 6) is -0.214. The molecular formula is C35H48N6O4. The van der Waals surface area contributed by atoms with Crippen LogP contribution >= 0.6 is 0 Å². The molecule has 2 heterocycles. The Morgan fingerprint density at radius 2 is 1.76 bits per heavy atom. The predicted octanol–water partition coefficient (Wildman–Crippen LogP) is 4.72. The lowest BCUT2D eigenvalue weighted by molar-refractivity contribution is -0.119. The van der Waals surface area contributed by atoms with Crippen LogP contribution in [-0.4, -0.2) is 78.6 Å². The van der Waals surface area contributed by atoms with Gasteiger partial charge in [0, 0.05) is 51.3 Å². The molecule has 0 spiro atoms. The molecule has 0 unspecified atom stereocenters. The summed E-state index contributed by atoms with van der Waals surface area (Å²) in [4.78, 5) is 31.0. The minimum atomic E-state index is -0.205. The number of ether oxygens (including phenoxy) is 2. The fraction of sp³-hybridized carbons (Fsp3) is 0.514. The van der Waals surface area contributed by atoms with Gasteiger partial charge in [-0.1, -0.05) is 45.0 Å². The first-order valence-electron chi connectivity index (χ1n) is 16.0. The molecule has 2 aliphatic rings. The Hall–Kier alpha value is -3.73. The third-order valence-corrected chi connectivity index (χ3v) is 8.82. The standard InChI is InChI=1S/C35H48N6O4/c1-35(2,3)32-21-31(39(4)38-32)34(43)41(28-12-10-27(36)11-13-28)22-24-7-6-8-25(19-24)26-9-14-30(40-15-17-45-18-16-40)29(20-26)37-33(42)23-44-5/h6-9,14,19-21,27-28H,10-13,15-18,22-23,36H2,1-5H3,(H,37,42). The molecule has 1 aromatic heterocycles. The van der Waals surface area contributed by atoms with Crippen molar-refractivity contribution in [2.24, 2.45) is 12.8 Å². The summed E-state index contributed by atoms with van der Waals surface area (Å²) in [5, 5.41) is 7.73. The van der Waals surface area contributed by atoms with Gasteiger partial charge in [0.2, 0.25) is 5.91 Å². The number of nitrogens with one attached hydrogen (secondary N) is 1. The van der Waals surface area contributed by atoms with Crippen molar-refractivity contribution >= 4 is 23.2 Å². The topological polar surface area (TPSA) is 115 Å². The van der Waals surface area contributed by atoms with Crippen LogP contribution in [0.3, 0.4) is 0 Å². The number of aryl methyl sites for hydroxylation is 1. The van der Waals surface area contributed by atoms with E-state index in [4.69, 9.17) is 15.2 Å². The molecule has 10 nitrogen and oxygen atoms in total. The summed E-state index contributed by atoms with van der Waals surface area (Å²) < 4.78 is 12.3. The average Bonchev–Trinajstić information content (AvgIpc) is 3.43. The number of amides is 2. The van der Waals surface area contributed by atoms with Crippen LogP contribution in [0.1, 0.15) is 68.2 Å². The fourth-order valence-electron chi connectivity index (χ4n) is 6.22. The van der Waals surface area contributed by atoms with E-state index in [1.165, 1.54) is 7.11 Å². The minimum Gasteiger partial charge on any atom is -0.378 e. The van der Waals surface area contributed by atoms with Gasteiger partial charge in [-0.05, 0) is 66.6 Å². The second kappa shape index (κ2) is 14.1. The van der Waals surface area contributed by atoms with E-state index >= 15 is 0 Å². The summed E-state index contributed by atoms with van der Waals surface area (Å²) in [7, 11) is 3.36. The van der Waals surface area contributed by atoms with E-state index in [9.17, 15) is 9.59 Å². The number of hydrogen-bond acceptors (Lipinski definition) is 7. The molecule has 0 radical (unpaired) electrons. The SMILES string of the molecule is COCC(=O)Nc1cc(-c2cccc(CN(C(=O)c3cc(C(C)(C)C)nn3C)C3CCC(N)CC3)c2)ccc1N1CCOCC1. The van der Waals surface area contributed by atoms with Crippen LogP contribution in [0.5, 0.6) is 0 Å². The highest BCUT2D eigenvalue weighted by atomic mass is 16.5. The quantitative estimate of drug-likeness (QED) is 0.358. The van der Waals surface area contributed by atoms with E-state index < -0.39 is 0 Å². The molecule has 1 saturated carbocycles. The highest BCUT2D eigenvalue weighted by Gasteiger charge is 2.31. The zero-order valence-corrected chi connectivity index (χ0v) is 27.3. The van der Waals surface area contributed by atoms with E-state index in [0.29, 0.717) is 25.5 Å². The van der Waals surface area contributed by atoms with E-state index in [1.807, 2.05) is 30.1 Å². The molecule has 45 heavy (non-hydrogen) atoms. The highest BCUT2D eigenvalue weighted by molar-refractivity contribution is 5.96. The van der Waals surface area contributed by atoms with Crippen molar-refractivity contribution in [3.05, 3.63) is 65.5 Å². The third-order valence-electron chi connectivity index (χ3n) is 8.82. The van der Waals surface area contributed by atoms with Gasteiger partial charge in [-0.15, -0.1) is 0 Å². The molecule has 0 atom stereocenters. The van der Waals surface area contributed by atoms with E-state index in [-0.39, 0.29) is 35.9 Å². The molecular weight excluding hydrogens is 568 g/mol. The van der Waals surface area contributed by atoms with Crippen molar-refractivity contribution in [2.75, 3.05) is 50.2 Å². The van der Waals surface area contributed by atoms with E-state index in [1.54, 1.807) is 4.68 Å². The van der Waals surface area contributed by atoms with Crippen LogP contribution in [-0.2, 0) is 33.3 Å². The normalized spacial score (nSPS) is 18.9. The van der Waals surface area contributed by atoms with Gasteiger partial charge in [0.1, 0.15) is 12.3 Å². The summed E-state index contributed by atoms with van der Waals surface area (Å²) in [5.41, 5.74) is 12.3. The summed E-state index contributed by atoms with van der Waals surface area (Å²) >= 11 is 0. The number of nitrogens with two attached hydrogens (primary N) is 1. The number of hydrogen-bond donors (Lipinski definition) is 2. The van der Waals surface area contributed by atoms with Crippen LogP contribution in [0.15, 0.2) is 48.5 Å². The van der Waals surface area contributed by atoms with Crippen LogP contribution in [0, 0.1) is 0 Å². The van der Waals surface area contributed by atoms with Gasteiger partial charge in [0.15, 0.2) is 0 Å². The predicted molar refractivity (Wildman–Crippen MR) is 177 cm³/mol. The minimum absolute atomic E-state index is 0.00983. The maximum atomic E-state index is 14.2. The van der Waals surface area contributed by atoms with Gasteiger partial charge < -0.3 is 30.3 Å². The molecule has 3 N–H and O–H groups in total. The first-order chi connectivity index (χ1) is 21.5. The number of carbonyl (C=O) groups is 2. The molecule has 10 heteroatoms. The van der Waals surface area contributed by atoms with Gasteiger partial charge in [-0.3, -0.25) is 14.3 Å². The van der Waals surface area contributed by atoms with Crippen molar-refractivity contribution in [3.63, 3.8) is 0 Å². The number of carbonyl (C=O) groups excluding carboxylic acids is 2. The Kier molecular flexibility index (Phi) is 10.3. The van der Waals surface area contributed by atoms with Crippen molar-refractivity contribution in [3.8, 4) is 11.1 Å². The van der Waals surface area contributed by atoms with Crippen molar-refractivity contribution < 1.29 is 19.1 Å². The van der Waals surface area contributed by atoms with Gasteiger partial charge in [-0.25, -0.2) is 0 Å². The number of anilines is 2. The molecule has 1 aliphatic carbocycles. The van der Waals surface area contributed by atoms with Gasteiger partial charge in [0.25, 0.3) is 5.91 Å². The number of benzene rings is 2. The van der Waals surface area contributed by atoms with Crippen LogP contribution in [0.2, 0.25) is 0 Å². The summed E-state index contributed by atoms with van der Waals surface area (Å²) in [6.45, 7) is 9.59. The highest BCUT2D eigenvalue weighted by Crippen LogP contribution is 2.34. The summed E-state index contributed by atoms with van der Waals surface area (Å²) in [6.07, 6.45) is 3.56. The number of nitrogens with zero attached hydrogens (tertiary/aromatic N) is 4. The second-order valence-corrected chi connectivity index (χ2v) is 13.3. The first kappa shape index (κ1) is 32.7. The first-order valence-corrected chi connectivity index (χ1v) is 16.0. The number of aromatic nitrogens is 2. The summed E-state index contributed by atoms with van der Waals surface area (Å²) in [6, 6.07) is 16.7. The third kappa shape index (κ3) is 7.92. The zero-order chi connectivity index (χ0) is 32.1. The van der Waals surface area contributed by atoms with Crippen LogP contribution in [0.4, 0.5) is 11.4 Å². The van der Waals surface area contributed by atoms with Crippen molar-refractivity contribution in [2.45, 2.75) is 70.5 Å². The second-order valence-electron chi connectivity index (χ2n) is 13.3. The lowest BCUT2D eigenvalue weighted by atomic mass is 9.90. The smallest absolute Gasteiger partial charge is 0.272 e. The molecule has 1 aliphatic heterocycles. The Balaban J connectivity index is 1.45. The molecule has 0 bridgehead atoms. The molecule has 3 aromatic rings. The maximum absolute atomic E-state index is 14.2. The number of methoxy groups -OCH3 is 1. The Labute approximate surface area is 266 Å². The molecule has 2 fully saturated rings. The van der Waals surface area contributed by atoms with Crippen LogP contribution in [0.25, 0.3) is 11.1 Å². The largest absolute Gasteiger partial charge is 0.378 e. The fourth-order valence-corrected chi connectivity index (χ4v) is 6.22. The van der Waals surface area contributed by atoms with Gasteiger partial charge >= 0.3 is 0 Å². The Bertz CT molecular complexity index is 1480. The Morgan fingerprint density at radius 1 is 1.04 bits per heavy atom. The lowest BCUT2D eigenvalue weighted by Gasteiger charge is -2.36. The van der Waals surface area contributed by atoms with E-state index in [2.05, 4.69) is 66.4 Å². The molecule has 242 valence electrons. The van der Waals surface area contributed by atoms with Gasteiger partial charge in [-0.2, -0.15) is 5.10 Å². The number of rotatable bonds is 9. The van der Waals surface area contributed by atoms with Gasteiger partial charge in [0.05, 0.1) is 30.3 Å². The van der Waals surface area contributed by atoms with E-state index in [0.717, 1.165) is 72.5 Å². The van der Waals surface area contributed by atoms with Crippen molar-refractivity contribution in [1.82, 2.24) is 14.7 Å². The molecule has 5 rings (SSSR count). The maximum Gasteiger partial charge on any atom is 0.272 e.